The highest BCUT2D eigenvalue weighted by Gasteiger charge is 2.16. The minimum atomic E-state index is -3.50. The van der Waals surface area contributed by atoms with Gasteiger partial charge in [-0.2, -0.15) is 0 Å². The Morgan fingerprint density at radius 2 is 1.87 bits per heavy atom. The summed E-state index contributed by atoms with van der Waals surface area (Å²) in [6, 6.07) is 8.13. The maximum Gasteiger partial charge on any atom is 0.253 e. The molecule has 2 aromatic rings. The van der Waals surface area contributed by atoms with Crippen LogP contribution in [0, 0.1) is 0 Å². The zero-order valence-corrected chi connectivity index (χ0v) is 15.5. The van der Waals surface area contributed by atoms with Gasteiger partial charge in [0.05, 0.1) is 11.5 Å². The van der Waals surface area contributed by atoms with E-state index in [1.165, 1.54) is 12.1 Å². The number of halogens is 2. The van der Waals surface area contributed by atoms with Crippen LogP contribution in [0.3, 0.4) is 0 Å². The molecule has 1 N–H and O–H groups in total. The fourth-order valence-corrected chi connectivity index (χ4v) is 4.82. The fraction of sp³-hybridized carbons (Fsp3) is 0.267. The van der Waals surface area contributed by atoms with Gasteiger partial charge in [-0.25, -0.2) is 8.42 Å². The van der Waals surface area contributed by atoms with Crippen LogP contribution in [0.1, 0.15) is 18.1 Å². The highest BCUT2D eigenvalue weighted by molar-refractivity contribution is 7.99. The molecule has 0 aliphatic rings. The van der Waals surface area contributed by atoms with Crippen molar-refractivity contribution in [3.05, 3.63) is 62.0 Å². The van der Waals surface area contributed by atoms with Crippen LogP contribution in [0.2, 0.25) is 10.2 Å². The van der Waals surface area contributed by atoms with Gasteiger partial charge < -0.3 is 4.98 Å². The second-order valence-electron chi connectivity index (χ2n) is 4.92. The quantitative estimate of drug-likeness (QED) is 0.598. The first-order valence-electron chi connectivity index (χ1n) is 6.79. The molecule has 0 saturated carbocycles. The van der Waals surface area contributed by atoms with Crippen LogP contribution < -0.4 is 5.56 Å². The van der Waals surface area contributed by atoms with Gasteiger partial charge in [-0.3, -0.25) is 4.79 Å². The number of H-pyrrole nitrogens is 1. The molecule has 0 amide bonds. The van der Waals surface area contributed by atoms with Gasteiger partial charge >= 0.3 is 0 Å². The van der Waals surface area contributed by atoms with Crippen LogP contribution in [-0.4, -0.2) is 19.2 Å². The number of nitrogens with one attached hydrogen (secondary N) is 1. The lowest BCUT2D eigenvalue weighted by atomic mass is 10.2. The molecule has 0 atom stereocenters. The van der Waals surface area contributed by atoms with Gasteiger partial charge in [-0.1, -0.05) is 30.1 Å². The minimum absolute atomic E-state index is 0.166. The number of rotatable bonds is 6. The topological polar surface area (TPSA) is 67.0 Å². The smallest absolute Gasteiger partial charge is 0.253 e. The van der Waals surface area contributed by atoms with E-state index in [9.17, 15) is 13.2 Å². The van der Waals surface area contributed by atoms with Crippen LogP contribution in [0.5, 0.6) is 0 Å². The number of thioether (sulfide) groups is 1. The first kappa shape index (κ1) is 18.4. The molecular weight excluding hydrogens is 377 g/mol. The Morgan fingerprint density at radius 3 is 2.52 bits per heavy atom. The summed E-state index contributed by atoms with van der Waals surface area (Å²) < 4.78 is 24.7. The second kappa shape index (κ2) is 7.75. The number of hydrogen-bond acceptors (Lipinski definition) is 4. The lowest BCUT2D eigenvalue weighted by Crippen LogP contribution is -2.17. The number of aromatic amines is 1. The Labute approximate surface area is 149 Å². The Balaban J connectivity index is 2.22. The molecule has 0 radical (unpaired) electrons. The number of sulfone groups is 1. The maximum absolute atomic E-state index is 12.4. The Hall–Kier alpha value is -0.950. The lowest BCUT2D eigenvalue weighted by Gasteiger charge is -2.07. The molecule has 0 spiro atoms. The molecule has 8 heteroatoms. The molecule has 124 valence electrons. The molecule has 0 aliphatic carbocycles. The fourth-order valence-electron chi connectivity index (χ4n) is 2.09. The zero-order chi connectivity index (χ0) is 17.0. The van der Waals surface area contributed by atoms with Crippen molar-refractivity contribution in [1.82, 2.24) is 4.98 Å². The normalized spacial score (nSPS) is 11.6. The van der Waals surface area contributed by atoms with Crippen molar-refractivity contribution in [1.29, 1.82) is 0 Å². The molecule has 0 saturated heterocycles. The molecule has 0 bridgehead atoms. The molecule has 0 aliphatic heterocycles. The van der Waals surface area contributed by atoms with Gasteiger partial charge in [0.1, 0.15) is 5.15 Å². The van der Waals surface area contributed by atoms with E-state index in [0.717, 1.165) is 10.6 Å². The Kier molecular flexibility index (Phi) is 6.19. The molecule has 0 unspecified atom stereocenters. The lowest BCUT2D eigenvalue weighted by molar-refractivity contribution is 0.594. The molecular formula is C15H15Cl2NO3S2. The third-order valence-corrected chi connectivity index (χ3v) is 5.78. The molecule has 2 rings (SSSR count). The standard InChI is InChI=1S/C15H15Cl2NO3S2/c1-2-22-13-6-10(5-12(16)7-13)8-23(20,21)9-11-3-4-14(17)18-15(11)19/h3-7H,2,8-9H2,1H3,(H,18,19). The largest absolute Gasteiger partial charge is 0.313 e. The van der Waals surface area contributed by atoms with Crippen LogP contribution in [0.25, 0.3) is 0 Å². The number of hydrogen-bond donors (Lipinski definition) is 1. The molecule has 1 heterocycles. The summed E-state index contributed by atoms with van der Waals surface area (Å²) in [5, 5.41) is 0.671. The maximum atomic E-state index is 12.4. The first-order chi connectivity index (χ1) is 10.8. The van der Waals surface area contributed by atoms with Gasteiger partial charge in [0.25, 0.3) is 5.56 Å². The van der Waals surface area contributed by atoms with Crippen LogP contribution in [-0.2, 0) is 21.3 Å². The van der Waals surface area contributed by atoms with Crippen molar-refractivity contribution in [2.45, 2.75) is 23.3 Å². The predicted molar refractivity (Wildman–Crippen MR) is 96.3 cm³/mol. The van der Waals surface area contributed by atoms with Crippen molar-refractivity contribution in [2.24, 2.45) is 0 Å². The van der Waals surface area contributed by atoms with E-state index in [4.69, 9.17) is 23.2 Å². The first-order valence-corrected chi connectivity index (χ1v) is 10.4. The van der Waals surface area contributed by atoms with E-state index >= 15 is 0 Å². The zero-order valence-electron chi connectivity index (χ0n) is 12.3. The van der Waals surface area contributed by atoms with E-state index in [0.29, 0.717) is 10.6 Å². The second-order valence-corrected chi connectivity index (χ2v) is 9.17. The number of aromatic nitrogens is 1. The molecule has 1 aromatic carbocycles. The summed E-state index contributed by atoms with van der Waals surface area (Å²) in [6.07, 6.45) is 0. The summed E-state index contributed by atoms with van der Waals surface area (Å²) in [6.45, 7) is 2.01. The van der Waals surface area contributed by atoms with Gasteiger partial charge in [-0.05, 0) is 41.6 Å². The van der Waals surface area contributed by atoms with E-state index in [1.807, 2.05) is 13.0 Å². The third kappa shape index (κ3) is 5.57. The Morgan fingerprint density at radius 1 is 1.13 bits per heavy atom. The van der Waals surface area contributed by atoms with Crippen molar-refractivity contribution in [2.75, 3.05) is 5.75 Å². The monoisotopic (exact) mass is 391 g/mol. The van der Waals surface area contributed by atoms with Crippen molar-refractivity contribution in [3.63, 3.8) is 0 Å². The van der Waals surface area contributed by atoms with E-state index in [2.05, 4.69) is 4.98 Å². The summed E-state index contributed by atoms with van der Waals surface area (Å²) in [4.78, 5) is 15.0. The number of benzene rings is 1. The molecule has 4 nitrogen and oxygen atoms in total. The summed E-state index contributed by atoms with van der Waals surface area (Å²) in [5.74, 6) is 0.349. The minimum Gasteiger partial charge on any atom is -0.313 e. The van der Waals surface area contributed by atoms with Gasteiger partial charge in [0.2, 0.25) is 0 Å². The predicted octanol–water partition coefficient (Wildman–Crippen LogP) is 3.91. The third-order valence-electron chi connectivity index (χ3n) is 2.96. The molecule has 0 fully saturated rings. The summed E-state index contributed by atoms with van der Waals surface area (Å²) >= 11 is 13.3. The van der Waals surface area contributed by atoms with Gasteiger partial charge in [-0.15, -0.1) is 11.8 Å². The van der Waals surface area contributed by atoms with Crippen LogP contribution in [0.4, 0.5) is 0 Å². The summed E-state index contributed by atoms with van der Waals surface area (Å²) in [7, 11) is -3.50. The Bertz CT molecular complexity index is 863. The molecule has 1 aromatic heterocycles. The van der Waals surface area contributed by atoms with Gasteiger partial charge in [0.15, 0.2) is 9.84 Å². The number of pyridine rings is 1. The van der Waals surface area contributed by atoms with E-state index in [1.54, 1.807) is 23.9 Å². The van der Waals surface area contributed by atoms with Crippen LogP contribution >= 0.6 is 35.0 Å². The van der Waals surface area contributed by atoms with Crippen molar-refractivity contribution >= 4 is 44.8 Å². The van der Waals surface area contributed by atoms with Gasteiger partial charge in [0, 0.05) is 15.5 Å². The SMILES string of the molecule is CCSc1cc(Cl)cc(CS(=O)(=O)Cc2ccc(Cl)[nH]c2=O)c1. The highest BCUT2D eigenvalue weighted by Crippen LogP contribution is 2.25. The summed E-state index contributed by atoms with van der Waals surface area (Å²) in [5.41, 5.74) is 0.285. The van der Waals surface area contributed by atoms with Crippen LogP contribution in [0.15, 0.2) is 40.0 Å². The highest BCUT2D eigenvalue weighted by atomic mass is 35.5. The average molecular weight is 392 g/mol. The van der Waals surface area contributed by atoms with E-state index in [-0.39, 0.29) is 22.2 Å². The van der Waals surface area contributed by atoms with Crippen molar-refractivity contribution in [3.8, 4) is 0 Å². The van der Waals surface area contributed by atoms with Crippen molar-refractivity contribution < 1.29 is 8.42 Å². The van der Waals surface area contributed by atoms with E-state index < -0.39 is 15.4 Å². The molecule has 23 heavy (non-hydrogen) atoms. The average Bonchev–Trinajstić information content (AvgIpc) is 2.41.